The van der Waals surface area contributed by atoms with Gasteiger partial charge < -0.3 is 9.47 Å². The summed E-state index contributed by atoms with van der Waals surface area (Å²) in [6.45, 7) is 3.74. The van der Waals surface area contributed by atoms with Gasteiger partial charge in [0.1, 0.15) is 19.0 Å². The summed E-state index contributed by atoms with van der Waals surface area (Å²) in [6.07, 6.45) is 0. The van der Waals surface area contributed by atoms with Crippen LogP contribution in [-0.2, 0) is 14.8 Å². The largest absolute Gasteiger partial charge is 0.490 e. The number of carbonyl (C=O) groups is 2. The summed E-state index contributed by atoms with van der Waals surface area (Å²) in [5.74, 6) is -0.476. The van der Waals surface area contributed by atoms with Crippen LogP contribution in [0.3, 0.4) is 0 Å². The molecule has 0 radical (unpaired) electrons. The van der Waals surface area contributed by atoms with Crippen molar-refractivity contribution in [3.8, 4) is 5.75 Å². The molecule has 0 spiro atoms. The van der Waals surface area contributed by atoms with E-state index in [9.17, 15) is 18.0 Å². The highest BCUT2D eigenvalue weighted by Crippen LogP contribution is 2.20. The van der Waals surface area contributed by atoms with E-state index in [-0.39, 0.29) is 35.0 Å². The van der Waals surface area contributed by atoms with Crippen LogP contribution in [0.2, 0.25) is 0 Å². The average Bonchev–Trinajstić information content (AvgIpc) is 2.77. The second kappa shape index (κ2) is 9.76. The van der Waals surface area contributed by atoms with Gasteiger partial charge in [-0.2, -0.15) is 0 Å². The maximum Gasteiger partial charge on any atom is 0.339 e. The van der Waals surface area contributed by atoms with Gasteiger partial charge in [0.15, 0.2) is 5.78 Å². The molecule has 0 unspecified atom stereocenters. The highest BCUT2D eigenvalue weighted by Gasteiger charge is 2.20. The molecule has 3 rings (SSSR count). The van der Waals surface area contributed by atoms with Crippen molar-refractivity contribution in [3.05, 3.63) is 94.5 Å². The topological polar surface area (TPSA) is 113 Å². The zero-order valence-corrected chi connectivity index (χ0v) is 18.5. The summed E-state index contributed by atoms with van der Waals surface area (Å²) >= 11 is 0. The minimum atomic E-state index is -3.78. The van der Waals surface area contributed by atoms with E-state index >= 15 is 0 Å². The van der Waals surface area contributed by atoms with Crippen molar-refractivity contribution in [1.29, 1.82) is 0 Å². The van der Waals surface area contributed by atoms with Crippen molar-refractivity contribution < 1.29 is 27.5 Å². The number of carbonyl (C=O) groups excluding carboxylic acids is 2. The maximum absolute atomic E-state index is 13.1. The van der Waals surface area contributed by atoms with E-state index < -0.39 is 16.0 Å². The van der Waals surface area contributed by atoms with Crippen LogP contribution in [0.5, 0.6) is 5.75 Å². The van der Waals surface area contributed by atoms with Crippen LogP contribution in [0.1, 0.15) is 37.4 Å². The first-order valence-electron chi connectivity index (χ1n) is 9.80. The molecule has 0 amide bonds. The van der Waals surface area contributed by atoms with E-state index in [4.69, 9.17) is 14.6 Å². The molecular weight excluding hydrogens is 430 g/mol. The number of sulfonamides is 1. The summed E-state index contributed by atoms with van der Waals surface area (Å²) in [7, 11) is -3.78. The molecule has 0 saturated heterocycles. The molecule has 0 aliphatic heterocycles. The van der Waals surface area contributed by atoms with Crippen LogP contribution in [0, 0.1) is 13.8 Å². The minimum absolute atomic E-state index is 0.0265. The fourth-order valence-corrected chi connectivity index (χ4v) is 3.60. The van der Waals surface area contributed by atoms with E-state index in [2.05, 4.69) is 0 Å². The third-order valence-corrected chi connectivity index (χ3v) is 5.70. The van der Waals surface area contributed by atoms with Crippen LogP contribution in [-0.4, -0.2) is 33.4 Å². The van der Waals surface area contributed by atoms with Gasteiger partial charge in [-0.3, -0.25) is 4.79 Å². The van der Waals surface area contributed by atoms with Crippen LogP contribution in [0.15, 0.2) is 71.6 Å². The highest BCUT2D eigenvalue weighted by atomic mass is 32.2. The Balaban J connectivity index is 1.64. The number of rotatable bonds is 8. The van der Waals surface area contributed by atoms with Gasteiger partial charge in [0.05, 0.1) is 10.5 Å². The Morgan fingerprint density at radius 2 is 1.50 bits per heavy atom. The average molecular weight is 454 g/mol. The number of ketones is 1. The molecule has 0 heterocycles. The number of nitrogens with two attached hydrogens (primary N) is 1. The molecule has 0 bridgehead atoms. The van der Waals surface area contributed by atoms with Gasteiger partial charge >= 0.3 is 5.97 Å². The van der Waals surface area contributed by atoms with Crippen molar-refractivity contribution in [2.24, 2.45) is 5.14 Å². The van der Waals surface area contributed by atoms with E-state index in [1.54, 1.807) is 30.3 Å². The SMILES string of the molecule is Cc1ccc(C)c(C(=O)c2ccccc2C(=O)OCCOc2ccc(S(N)(=O)=O)cc2)c1. The van der Waals surface area contributed by atoms with Gasteiger partial charge in [0.25, 0.3) is 0 Å². The monoisotopic (exact) mass is 453 g/mol. The van der Waals surface area contributed by atoms with E-state index in [0.29, 0.717) is 11.3 Å². The predicted octanol–water partition coefficient (Wildman–Crippen LogP) is 3.42. The lowest BCUT2D eigenvalue weighted by atomic mass is 9.94. The van der Waals surface area contributed by atoms with Gasteiger partial charge in [0, 0.05) is 11.1 Å². The van der Waals surface area contributed by atoms with Crippen LogP contribution in [0.25, 0.3) is 0 Å². The number of ether oxygens (including phenoxy) is 2. The molecule has 0 saturated carbocycles. The van der Waals surface area contributed by atoms with Crippen molar-refractivity contribution >= 4 is 21.8 Å². The number of hydrogen-bond donors (Lipinski definition) is 1. The van der Waals surface area contributed by atoms with Gasteiger partial charge in [-0.15, -0.1) is 0 Å². The Labute approximate surface area is 186 Å². The quantitative estimate of drug-likeness (QED) is 0.318. The molecular formula is C24H23NO6S. The lowest BCUT2D eigenvalue weighted by Crippen LogP contribution is -2.16. The fourth-order valence-electron chi connectivity index (χ4n) is 3.08. The zero-order chi connectivity index (χ0) is 23.3. The lowest BCUT2D eigenvalue weighted by Gasteiger charge is -2.11. The Morgan fingerprint density at radius 3 is 2.16 bits per heavy atom. The fraction of sp³-hybridized carbons (Fsp3) is 0.167. The maximum atomic E-state index is 13.1. The zero-order valence-electron chi connectivity index (χ0n) is 17.7. The second-order valence-electron chi connectivity index (χ2n) is 7.19. The normalized spacial score (nSPS) is 11.1. The first-order valence-corrected chi connectivity index (χ1v) is 11.4. The van der Waals surface area contributed by atoms with Crippen LogP contribution < -0.4 is 9.88 Å². The van der Waals surface area contributed by atoms with Crippen molar-refractivity contribution in [1.82, 2.24) is 0 Å². The Hall–Kier alpha value is -3.49. The molecule has 7 nitrogen and oxygen atoms in total. The number of primary sulfonamides is 1. The predicted molar refractivity (Wildman–Crippen MR) is 119 cm³/mol. The first-order chi connectivity index (χ1) is 15.2. The van der Waals surface area contributed by atoms with Crippen LogP contribution in [0.4, 0.5) is 0 Å². The highest BCUT2D eigenvalue weighted by molar-refractivity contribution is 7.89. The van der Waals surface area contributed by atoms with E-state index in [1.807, 2.05) is 26.0 Å². The Kier molecular flexibility index (Phi) is 7.07. The molecule has 0 aliphatic rings. The Bertz CT molecular complexity index is 1250. The molecule has 0 aromatic heterocycles. The second-order valence-corrected chi connectivity index (χ2v) is 8.76. The third kappa shape index (κ3) is 5.60. The third-order valence-electron chi connectivity index (χ3n) is 4.77. The number of hydrogen-bond acceptors (Lipinski definition) is 6. The van der Waals surface area contributed by atoms with Crippen molar-refractivity contribution in [2.75, 3.05) is 13.2 Å². The molecule has 3 aromatic carbocycles. The molecule has 3 aromatic rings. The van der Waals surface area contributed by atoms with Gasteiger partial charge in [0.2, 0.25) is 10.0 Å². The minimum Gasteiger partial charge on any atom is -0.490 e. The summed E-state index contributed by atoms with van der Waals surface area (Å²) in [6, 6.07) is 17.7. The number of benzene rings is 3. The van der Waals surface area contributed by atoms with E-state index in [1.165, 1.54) is 24.3 Å². The summed E-state index contributed by atoms with van der Waals surface area (Å²) in [5, 5.41) is 5.05. The number of esters is 1. The lowest BCUT2D eigenvalue weighted by molar-refractivity contribution is 0.0448. The summed E-state index contributed by atoms with van der Waals surface area (Å²) in [4.78, 5) is 25.7. The van der Waals surface area contributed by atoms with Gasteiger partial charge in [-0.25, -0.2) is 18.4 Å². The van der Waals surface area contributed by atoms with E-state index in [0.717, 1.165) is 11.1 Å². The first kappa shape index (κ1) is 23.2. The molecule has 2 N–H and O–H groups in total. The summed E-state index contributed by atoms with van der Waals surface area (Å²) < 4.78 is 33.3. The van der Waals surface area contributed by atoms with Crippen molar-refractivity contribution in [3.63, 3.8) is 0 Å². The molecule has 8 heteroatoms. The van der Waals surface area contributed by atoms with Gasteiger partial charge in [-0.1, -0.05) is 35.9 Å². The molecule has 32 heavy (non-hydrogen) atoms. The standard InChI is InChI=1S/C24H23NO6S/c1-16-7-8-17(2)22(15-16)23(26)20-5-3-4-6-21(20)24(27)31-14-13-30-18-9-11-19(12-10-18)32(25,28)29/h3-12,15H,13-14H2,1-2H3,(H2,25,28,29). The molecule has 0 aliphatic carbocycles. The molecule has 166 valence electrons. The van der Waals surface area contributed by atoms with Gasteiger partial charge in [-0.05, 0) is 55.8 Å². The van der Waals surface area contributed by atoms with Crippen molar-refractivity contribution in [2.45, 2.75) is 18.7 Å². The molecule has 0 atom stereocenters. The molecule has 0 fully saturated rings. The Morgan fingerprint density at radius 1 is 0.844 bits per heavy atom. The smallest absolute Gasteiger partial charge is 0.339 e. The van der Waals surface area contributed by atoms with Crippen LogP contribution >= 0.6 is 0 Å². The number of aryl methyl sites for hydroxylation is 2. The summed E-state index contributed by atoms with van der Waals surface area (Å²) in [5.41, 5.74) is 2.76.